The van der Waals surface area contributed by atoms with Crippen LogP contribution in [0.4, 0.5) is 4.79 Å². The number of para-hydroxylation sites is 1. The van der Waals surface area contributed by atoms with Crippen molar-refractivity contribution in [2.75, 3.05) is 24.6 Å². The molecule has 2 aromatic rings. The van der Waals surface area contributed by atoms with Gasteiger partial charge in [-0.3, -0.25) is 4.79 Å². The van der Waals surface area contributed by atoms with Gasteiger partial charge in [0.15, 0.2) is 9.84 Å². The third kappa shape index (κ3) is 4.24. The minimum Gasteiger partial charge on any atom is -0.357 e. The summed E-state index contributed by atoms with van der Waals surface area (Å²) in [5.41, 5.74) is 2.70. The Balaban J connectivity index is 1.27. The first-order valence-corrected chi connectivity index (χ1v) is 11.7. The van der Waals surface area contributed by atoms with Crippen LogP contribution in [0.1, 0.15) is 31.0 Å². The Labute approximate surface area is 169 Å². The molecule has 9 heteroatoms. The van der Waals surface area contributed by atoms with Crippen LogP contribution >= 0.6 is 0 Å². The average Bonchev–Trinajstić information content (AvgIpc) is 3.16. The van der Waals surface area contributed by atoms with Gasteiger partial charge < -0.3 is 20.5 Å². The molecule has 0 radical (unpaired) electrons. The van der Waals surface area contributed by atoms with Gasteiger partial charge in [0.05, 0.1) is 23.6 Å². The monoisotopic (exact) mass is 418 g/mol. The highest BCUT2D eigenvalue weighted by Gasteiger charge is 2.39. The maximum atomic E-state index is 12.5. The van der Waals surface area contributed by atoms with Crippen molar-refractivity contribution in [3.8, 4) is 0 Å². The molecule has 3 heterocycles. The number of urea groups is 1. The number of hydrogen-bond acceptors (Lipinski definition) is 4. The zero-order valence-corrected chi connectivity index (χ0v) is 17.3. The van der Waals surface area contributed by atoms with Crippen LogP contribution in [-0.2, 0) is 27.6 Å². The Morgan fingerprint density at radius 2 is 2.07 bits per heavy atom. The molecule has 8 nitrogen and oxygen atoms in total. The number of benzene rings is 1. The quantitative estimate of drug-likeness (QED) is 0.695. The largest absolute Gasteiger partial charge is 0.357 e. The predicted molar refractivity (Wildman–Crippen MR) is 110 cm³/mol. The van der Waals surface area contributed by atoms with Crippen molar-refractivity contribution < 1.29 is 18.0 Å². The number of rotatable bonds is 4. The van der Waals surface area contributed by atoms with Gasteiger partial charge in [-0.15, -0.1) is 0 Å². The van der Waals surface area contributed by atoms with Crippen molar-refractivity contribution in [3.05, 3.63) is 35.5 Å². The summed E-state index contributed by atoms with van der Waals surface area (Å²) in [4.78, 5) is 29.8. The van der Waals surface area contributed by atoms with Gasteiger partial charge in [-0.2, -0.15) is 0 Å². The van der Waals surface area contributed by atoms with Crippen LogP contribution in [0.15, 0.2) is 24.3 Å². The topological polar surface area (TPSA) is 111 Å². The number of fused-ring (bicyclic) bond motifs is 3. The molecule has 1 aromatic carbocycles. The summed E-state index contributed by atoms with van der Waals surface area (Å²) in [6.07, 6.45) is 1.33. The average molecular weight is 419 g/mol. The molecule has 2 aliphatic rings. The van der Waals surface area contributed by atoms with Gasteiger partial charge in [-0.05, 0) is 31.4 Å². The molecule has 2 aliphatic heterocycles. The number of aromatic amines is 1. The van der Waals surface area contributed by atoms with Gasteiger partial charge in [0, 0.05) is 36.1 Å². The van der Waals surface area contributed by atoms with Crippen LogP contribution in [-0.4, -0.2) is 60.4 Å². The lowest BCUT2D eigenvalue weighted by Crippen LogP contribution is -2.48. The van der Waals surface area contributed by atoms with E-state index in [4.69, 9.17) is 0 Å². The van der Waals surface area contributed by atoms with E-state index in [1.54, 1.807) is 11.8 Å². The molecule has 1 aromatic heterocycles. The Bertz CT molecular complexity index is 1060. The summed E-state index contributed by atoms with van der Waals surface area (Å²) in [7, 11) is -3.08. The highest BCUT2D eigenvalue weighted by molar-refractivity contribution is 7.91. The van der Waals surface area contributed by atoms with Crippen molar-refractivity contribution >= 4 is 32.7 Å². The number of carbonyl (C=O) groups excluding carboxylic acids is 2. The normalized spacial score (nSPS) is 23.0. The van der Waals surface area contributed by atoms with Crippen molar-refractivity contribution in [2.45, 2.75) is 38.3 Å². The molecule has 0 spiro atoms. The molecule has 29 heavy (non-hydrogen) atoms. The zero-order valence-electron chi connectivity index (χ0n) is 16.5. The van der Waals surface area contributed by atoms with E-state index in [9.17, 15) is 18.0 Å². The number of nitrogens with one attached hydrogen (secondary N) is 3. The second-order valence-electron chi connectivity index (χ2n) is 8.23. The maximum Gasteiger partial charge on any atom is 0.317 e. The maximum absolute atomic E-state index is 12.5. The highest BCUT2D eigenvalue weighted by Crippen LogP contribution is 2.27. The molecular weight excluding hydrogens is 392 g/mol. The highest BCUT2D eigenvalue weighted by atomic mass is 32.2. The zero-order chi connectivity index (χ0) is 20.6. The number of hydrogen-bond donors (Lipinski definition) is 3. The number of carbonyl (C=O) groups is 2. The Morgan fingerprint density at radius 3 is 2.83 bits per heavy atom. The van der Waals surface area contributed by atoms with E-state index in [2.05, 4.69) is 21.7 Å². The van der Waals surface area contributed by atoms with Gasteiger partial charge in [0.1, 0.15) is 0 Å². The minimum atomic E-state index is -3.08. The van der Waals surface area contributed by atoms with Crippen LogP contribution in [0, 0.1) is 0 Å². The van der Waals surface area contributed by atoms with Crippen molar-refractivity contribution in [1.29, 1.82) is 0 Å². The molecule has 156 valence electrons. The van der Waals surface area contributed by atoms with Crippen LogP contribution in [0.3, 0.4) is 0 Å². The Hall–Kier alpha value is -2.55. The van der Waals surface area contributed by atoms with Gasteiger partial charge in [0.2, 0.25) is 5.91 Å². The van der Waals surface area contributed by atoms with Crippen molar-refractivity contribution in [2.24, 2.45) is 0 Å². The molecular formula is C20H26N4O4S. The summed E-state index contributed by atoms with van der Waals surface area (Å²) < 4.78 is 23.3. The number of amides is 3. The molecule has 1 fully saturated rings. The third-order valence-electron chi connectivity index (χ3n) is 5.74. The summed E-state index contributed by atoms with van der Waals surface area (Å²) in [5, 5.41) is 6.81. The number of H-pyrrole nitrogens is 1. The standard InChI is InChI=1S/C20H26N4O4S/c1-20(8-11-29(27,28)13-20)23-18(25)6-9-21-19(26)24-10-7-15-14-4-2-3-5-16(14)22-17(15)12-24/h2-5,22H,6-13H2,1H3,(H,21,26)(H,23,25)/t20-/m0/s1. The van der Waals surface area contributed by atoms with E-state index in [0.29, 0.717) is 19.5 Å². The van der Waals surface area contributed by atoms with Crippen LogP contribution in [0.2, 0.25) is 0 Å². The van der Waals surface area contributed by atoms with E-state index in [1.165, 1.54) is 10.9 Å². The SMILES string of the molecule is C[C@]1(NC(=O)CCNC(=O)N2CCc3c([nH]c4ccccc34)C2)CCS(=O)(=O)C1. The molecule has 0 saturated carbocycles. The van der Waals surface area contributed by atoms with E-state index in [-0.39, 0.29) is 36.4 Å². The van der Waals surface area contributed by atoms with Gasteiger partial charge in [-0.1, -0.05) is 18.2 Å². The smallest absolute Gasteiger partial charge is 0.317 e. The summed E-state index contributed by atoms with van der Waals surface area (Å²) in [6.45, 7) is 3.10. The second kappa shape index (κ2) is 7.37. The van der Waals surface area contributed by atoms with E-state index >= 15 is 0 Å². The predicted octanol–water partition coefficient (Wildman–Crippen LogP) is 1.32. The first-order valence-electron chi connectivity index (χ1n) is 9.87. The Kier molecular flexibility index (Phi) is 5.02. The number of nitrogens with zero attached hydrogens (tertiary/aromatic N) is 1. The first-order chi connectivity index (χ1) is 13.7. The second-order valence-corrected chi connectivity index (χ2v) is 10.4. The fourth-order valence-electron chi connectivity index (χ4n) is 4.27. The summed E-state index contributed by atoms with van der Waals surface area (Å²) >= 11 is 0. The molecule has 0 aliphatic carbocycles. The lowest BCUT2D eigenvalue weighted by molar-refractivity contribution is -0.122. The van der Waals surface area contributed by atoms with Gasteiger partial charge >= 0.3 is 6.03 Å². The summed E-state index contributed by atoms with van der Waals surface area (Å²) in [5.74, 6) is -0.175. The molecule has 0 unspecified atom stereocenters. The number of aromatic nitrogens is 1. The Morgan fingerprint density at radius 1 is 1.28 bits per heavy atom. The van der Waals surface area contributed by atoms with Crippen LogP contribution < -0.4 is 10.6 Å². The van der Waals surface area contributed by atoms with Gasteiger partial charge in [-0.25, -0.2) is 13.2 Å². The van der Waals surface area contributed by atoms with E-state index in [0.717, 1.165) is 17.6 Å². The third-order valence-corrected chi connectivity index (χ3v) is 7.65. The fraction of sp³-hybridized carbons (Fsp3) is 0.500. The molecule has 1 atom stereocenters. The van der Waals surface area contributed by atoms with Crippen LogP contribution in [0.25, 0.3) is 10.9 Å². The van der Waals surface area contributed by atoms with Gasteiger partial charge in [0.25, 0.3) is 0 Å². The van der Waals surface area contributed by atoms with Crippen molar-refractivity contribution in [3.63, 3.8) is 0 Å². The first kappa shape index (κ1) is 19.8. The lowest BCUT2D eigenvalue weighted by atomic mass is 10.0. The molecule has 3 amide bonds. The minimum absolute atomic E-state index is 0.0291. The lowest BCUT2D eigenvalue weighted by Gasteiger charge is -2.27. The molecule has 0 bridgehead atoms. The summed E-state index contributed by atoms with van der Waals surface area (Å²) in [6, 6.07) is 7.93. The molecule has 4 rings (SSSR count). The van der Waals surface area contributed by atoms with E-state index in [1.807, 2.05) is 18.2 Å². The molecule has 3 N–H and O–H groups in total. The van der Waals surface area contributed by atoms with E-state index < -0.39 is 15.4 Å². The fourth-order valence-corrected chi connectivity index (χ4v) is 6.36. The number of sulfone groups is 1. The molecule has 1 saturated heterocycles. The van der Waals surface area contributed by atoms with Crippen LogP contribution in [0.5, 0.6) is 0 Å². The van der Waals surface area contributed by atoms with Crippen molar-refractivity contribution in [1.82, 2.24) is 20.5 Å².